The number of unbranched alkanes of at least 4 members (excludes halogenated alkanes) is 1. The van der Waals surface area contributed by atoms with Crippen molar-refractivity contribution in [2.45, 2.75) is 19.8 Å². The number of rotatable bonds is 4. The number of nitrogens with one attached hydrogen (secondary N) is 1. The zero-order chi connectivity index (χ0) is 17.3. The number of thiocarbonyl (C=S) groups is 1. The summed E-state index contributed by atoms with van der Waals surface area (Å²) in [7, 11) is 0. The predicted octanol–water partition coefficient (Wildman–Crippen LogP) is 3.24. The lowest BCUT2D eigenvalue weighted by Gasteiger charge is -2.12. The van der Waals surface area contributed by atoms with Crippen molar-refractivity contribution >= 4 is 29.3 Å². The van der Waals surface area contributed by atoms with Gasteiger partial charge in [0, 0.05) is 6.54 Å². The molecule has 0 unspecified atom stereocenters. The Morgan fingerprint density at radius 1 is 1.04 bits per heavy atom. The lowest BCUT2D eigenvalue weighted by atomic mass is 10.1. The molecule has 0 radical (unpaired) electrons. The molecule has 23 heavy (non-hydrogen) atoms. The molecule has 1 aromatic rings. The highest BCUT2D eigenvalue weighted by molar-refractivity contribution is 7.80. The summed E-state index contributed by atoms with van der Waals surface area (Å²) in [5.41, 5.74) is -1.55. The summed E-state index contributed by atoms with van der Waals surface area (Å²) in [5.74, 6) is -11.1. The molecule has 1 heterocycles. The van der Waals surface area contributed by atoms with Gasteiger partial charge in [0.2, 0.25) is 5.82 Å². The van der Waals surface area contributed by atoms with E-state index in [0.29, 0.717) is 12.5 Å². The molecule has 1 N–H and O–H groups in total. The Balaban J connectivity index is 2.44. The van der Waals surface area contributed by atoms with Crippen molar-refractivity contribution in [3.05, 3.63) is 40.3 Å². The van der Waals surface area contributed by atoms with Crippen LogP contribution in [-0.4, -0.2) is 22.5 Å². The highest BCUT2D eigenvalue weighted by Gasteiger charge is 2.32. The van der Waals surface area contributed by atoms with E-state index in [1.54, 1.807) is 0 Å². The van der Waals surface area contributed by atoms with Crippen molar-refractivity contribution in [3.8, 4) is 0 Å². The quantitative estimate of drug-likeness (QED) is 0.298. The first-order chi connectivity index (χ1) is 10.8. The Bertz CT molecular complexity index is 691. The Hall–Kier alpha value is -2.03. The van der Waals surface area contributed by atoms with Crippen molar-refractivity contribution < 1.29 is 26.7 Å². The number of amides is 1. The minimum Gasteiger partial charge on any atom is -0.328 e. The van der Waals surface area contributed by atoms with Crippen LogP contribution < -0.4 is 5.32 Å². The Kier molecular flexibility index (Phi) is 4.98. The standard InChI is InChI=1S/C14H11F5N2OS/c1-2-3-4-21-13(22)7(20-14(21)23)5-6-8(15)10(17)12(19)11(18)9(6)16/h5H,2-4H2,1H3,(H,20,23)/b7-5+. The zero-order valence-electron chi connectivity index (χ0n) is 11.9. The molecule has 9 heteroatoms. The van der Waals surface area contributed by atoms with Crippen molar-refractivity contribution in [1.82, 2.24) is 10.2 Å². The van der Waals surface area contributed by atoms with Gasteiger partial charge in [-0.3, -0.25) is 9.69 Å². The van der Waals surface area contributed by atoms with Gasteiger partial charge in [-0.05, 0) is 24.7 Å². The molecule has 124 valence electrons. The van der Waals surface area contributed by atoms with Crippen LogP contribution in [0.1, 0.15) is 25.3 Å². The predicted molar refractivity (Wildman–Crippen MR) is 76.6 cm³/mol. The molecule has 0 atom stereocenters. The maximum atomic E-state index is 13.6. The van der Waals surface area contributed by atoms with E-state index < -0.39 is 40.6 Å². The van der Waals surface area contributed by atoms with Gasteiger partial charge < -0.3 is 5.32 Å². The molecule has 1 fully saturated rings. The molecule has 2 rings (SSSR count). The van der Waals surface area contributed by atoms with E-state index >= 15 is 0 Å². The summed E-state index contributed by atoms with van der Waals surface area (Å²) in [4.78, 5) is 13.3. The van der Waals surface area contributed by atoms with E-state index in [9.17, 15) is 26.7 Å². The highest BCUT2D eigenvalue weighted by atomic mass is 32.1. The van der Waals surface area contributed by atoms with Gasteiger partial charge in [0.15, 0.2) is 28.4 Å². The Morgan fingerprint density at radius 2 is 1.57 bits per heavy atom. The number of hydrogen-bond acceptors (Lipinski definition) is 2. The van der Waals surface area contributed by atoms with Crippen molar-refractivity contribution in [2.75, 3.05) is 6.54 Å². The molecule has 1 aliphatic heterocycles. The summed E-state index contributed by atoms with van der Waals surface area (Å²) in [6, 6.07) is 0. The molecule has 3 nitrogen and oxygen atoms in total. The minimum absolute atomic E-state index is 0.0126. The topological polar surface area (TPSA) is 32.3 Å². The second-order valence-electron chi connectivity index (χ2n) is 4.78. The van der Waals surface area contributed by atoms with Crippen molar-refractivity contribution in [2.24, 2.45) is 0 Å². The second-order valence-corrected chi connectivity index (χ2v) is 5.17. The molecule has 0 bridgehead atoms. The fourth-order valence-corrected chi connectivity index (χ4v) is 2.27. The van der Waals surface area contributed by atoms with Crippen molar-refractivity contribution in [1.29, 1.82) is 0 Å². The van der Waals surface area contributed by atoms with E-state index in [-0.39, 0.29) is 17.4 Å². The number of hydrogen-bond donors (Lipinski definition) is 1. The van der Waals surface area contributed by atoms with E-state index in [4.69, 9.17) is 12.2 Å². The first kappa shape index (κ1) is 17.3. The number of carbonyl (C=O) groups excluding carboxylic acids is 1. The Morgan fingerprint density at radius 3 is 2.09 bits per heavy atom. The van der Waals surface area contributed by atoms with Gasteiger partial charge in [-0.15, -0.1) is 0 Å². The molecule has 1 aliphatic rings. The van der Waals surface area contributed by atoms with Gasteiger partial charge in [-0.25, -0.2) is 22.0 Å². The smallest absolute Gasteiger partial charge is 0.276 e. The largest absolute Gasteiger partial charge is 0.328 e. The van der Waals surface area contributed by atoms with Gasteiger partial charge >= 0.3 is 0 Å². The lowest BCUT2D eigenvalue weighted by molar-refractivity contribution is -0.122. The normalized spacial score (nSPS) is 16.4. The fraction of sp³-hybridized carbons (Fsp3) is 0.286. The average molecular weight is 350 g/mol. The molecular weight excluding hydrogens is 339 g/mol. The molecule has 0 spiro atoms. The Labute approximate surface area is 133 Å². The molecule has 1 amide bonds. The third-order valence-electron chi connectivity index (χ3n) is 3.23. The molecular formula is C14H11F5N2OS. The molecule has 1 aromatic carbocycles. The monoisotopic (exact) mass is 350 g/mol. The van der Waals surface area contributed by atoms with Gasteiger partial charge in [0.25, 0.3) is 5.91 Å². The third kappa shape index (κ3) is 3.05. The number of carbonyl (C=O) groups is 1. The zero-order valence-corrected chi connectivity index (χ0v) is 12.7. The van der Waals surface area contributed by atoms with Crippen LogP contribution in [0.5, 0.6) is 0 Å². The van der Waals surface area contributed by atoms with Gasteiger partial charge in [0.1, 0.15) is 5.70 Å². The van der Waals surface area contributed by atoms with E-state index in [0.717, 1.165) is 11.3 Å². The maximum Gasteiger partial charge on any atom is 0.276 e. The summed E-state index contributed by atoms with van der Waals surface area (Å²) in [5, 5.41) is 2.43. The first-order valence-electron chi connectivity index (χ1n) is 6.65. The summed E-state index contributed by atoms with van der Waals surface area (Å²) in [6.45, 7) is 2.18. The van der Waals surface area contributed by atoms with Gasteiger partial charge in [0.05, 0.1) is 5.56 Å². The second kappa shape index (κ2) is 6.61. The van der Waals surface area contributed by atoms with E-state index in [2.05, 4.69) is 5.32 Å². The molecule has 0 saturated carbocycles. The van der Waals surface area contributed by atoms with E-state index in [1.165, 1.54) is 0 Å². The SMILES string of the molecule is CCCCN1C(=O)/C(=C\c2c(F)c(F)c(F)c(F)c2F)NC1=S. The number of halogens is 5. The number of benzene rings is 1. The summed E-state index contributed by atoms with van der Waals surface area (Å²) < 4.78 is 66.6. The van der Waals surface area contributed by atoms with Gasteiger partial charge in [-0.2, -0.15) is 0 Å². The molecule has 0 aliphatic carbocycles. The van der Waals surface area contributed by atoms with Crippen LogP contribution in [0, 0.1) is 29.1 Å². The van der Waals surface area contributed by atoms with Crippen LogP contribution in [-0.2, 0) is 4.79 Å². The minimum atomic E-state index is -2.26. The summed E-state index contributed by atoms with van der Waals surface area (Å²) in [6.07, 6.45) is 1.99. The lowest BCUT2D eigenvalue weighted by Crippen LogP contribution is -2.31. The molecule has 0 aromatic heterocycles. The average Bonchev–Trinajstić information content (AvgIpc) is 2.79. The highest BCUT2D eigenvalue weighted by Crippen LogP contribution is 2.25. The molecule has 1 saturated heterocycles. The van der Waals surface area contributed by atoms with Gasteiger partial charge in [-0.1, -0.05) is 13.3 Å². The third-order valence-corrected chi connectivity index (χ3v) is 3.55. The van der Waals surface area contributed by atoms with Crippen LogP contribution in [0.3, 0.4) is 0 Å². The number of nitrogens with zero attached hydrogens (tertiary/aromatic N) is 1. The van der Waals surface area contributed by atoms with Crippen LogP contribution in [0.25, 0.3) is 6.08 Å². The van der Waals surface area contributed by atoms with Crippen LogP contribution in [0.2, 0.25) is 0 Å². The maximum absolute atomic E-state index is 13.6. The van der Waals surface area contributed by atoms with Crippen LogP contribution >= 0.6 is 12.2 Å². The first-order valence-corrected chi connectivity index (χ1v) is 7.06. The van der Waals surface area contributed by atoms with Crippen LogP contribution in [0.4, 0.5) is 22.0 Å². The fourth-order valence-electron chi connectivity index (χ4n) is 1.98. The van der Waals surface area contributed by atoms with Crippen LogP contribution in [0.15, 0.2) is 5.70 Å². The summed E-state index contributed by atoms with van der Waals surface area (Å²) >= 11 is 4.92. The van der Waals surface area contributed by atoms with Crippen molar-refractivity contribution in [3.63, 3.8) is 0 Å². The van der Waals surface area contributed by atoms with E-state index in [1.807, 2.05) is 6.92 Å².